The van der Waals surface area contributed by atoms with Gasteiger partial charge in [-0.1, -0.05) is 19.0 Å². The molecule has 0 fully saturated rings. The first kappa shape index (κ1) is 19.5. The number of ether oxygens (including phenoxy) is 1. The number of amides is 2. The molecule has 2 rings (SSSR count). The zero-order valence-electron chi connectivity index (χ0n) is 15.5. The summed E-state index contributed by atoms with van der Waals surface area (Å²) in [6.07, 6.45) is 0.483. The number of anilines is 1. The summed E-state index contributed by atoms with van der Waals surface area (Å²) in [4.78, 5) is 23.6. The van der Waals surface area contributed by atoms with Gasteiger partial charge in [0.15, 0.2) is 11.5 Å². The van der Waals surface area contributed by atoms with Crippen LogP contribution in [-0.2, 0) is 11.4 Å². The zero-order chi connectivity index (χ0) is 19.1. The Morgan fingerprint density at radius 3 is 2.46 bits per heavy atom. The molecule has 0 aliphatic rings. The molecule has 26 heavy (non-hydrogen) atoms. The van der Waals surface area contributed by atoms with Gasteiger partial charge in [-0.3, -0.25) is 9.59 Å². The van der Waals surface area contributed by atoms with Gasteiger partial charge in [-0.25, -0.2) is 0 Å². The molecule has 0 spiro atoms. The van der Waals surface area contributed by atoms with Crippen molar-refractivity contribution in [1.82, 2.24) is 10.5 Å². The molecule has 2 aromatic rings. The number of hydrogen-bond donors (Lipinski definition) is 2. The molecule has 7 heteroatoms. The average molecular weight is 359 g/mol. The molecule has 0 bridgehead atoms. The minimum Gasteiger partial charge on any atom is -0.486 e. The van der Waals surface area contributed by atoms with Crippen LogP contribution in [0.3, 0.4) is 0 Å². The molecule has 140 valence electrons. The fraction of sp³-hybridized carbons (Fsp3) is 0.421. The van der Waals surface area contributed by atoms with E-state index in [1.165, 1.54) is 0 Å². The molecule has 0 aliphatic heterocycles. The van der Waals surface area contributed by atoms with Crippen molar-refractivity contribution in [3.63, 3.8) is 0 Å². The van der Waals surface area contributed by atoms with Crippen LogP contribution in [-0.4, -0.2) is 23.0 Å². The van der Waals surface area contributed by atoms with E-state index < -0.39 is 0 Å². The Morgan fingerprint density at radius 2 is 1.85 bits per heavy atom. The number of benzene rings is 1. The van der Waals surface area contributed by atoms with Gasteiger partial charge in [0.25, 0.3) is 5.91 Å². The van der Waals surface area contributed by atoms with E-state index in [1.807, 2.05) is 27.7 Å². The standard InChI is InChI=1S/C19H25N3O4/c1-12(2)9-18(23)21-14-5-7-15(8-6-14)25-11-16-10-17(22-26-16)19(24)20-13(3)4/h5-8,10,12-13H,9,11H2,1-4H3,(H,20,24)(H,21,23). The number of aromatic nitrogens is 1. The van der Waals surface area contributed by atoms with Crippen LogP contribution in [0, 0.1) is 5.92 Å². The van der Waals surface area contributed by atoms with Gasteiger partial charge in [-0.2, -0.15) is 0 Å². The maximum atomic E-state index is 11.8. The lowest BCUT2D eigenvalue weighted by Crippen LogP contribution is -2.30. The van der Waals surface area contributed by atoms with Crippen LogP contribution in [0.2, 0.25) is 0 Å². The van der Waals surface area contributed by atoms with Crippen LogP contribution in [0.25, 0.3) is 0 Å². The predicted molar refractivity (Wildman–Crippen MR) is 98.0 cm³/mol. The molecule has 1 aromatic carbocycles. The zero-order valence-corrected chi connectivity index (χ0v) is 15.5. The summed E-state index contributed by atoms with van der Waals surface area (Å²) >= 11 is 0. The van der Waals surface area contributed by atoms with Crippen molar-refractivity contribution in [3.8, 4) is 5.75 Å². The summed E-state index contributed by atoms with van der Waals surface area (Å²) in [6, 6.07) is 8.64. The van der Waals surface area contributed by atoms with E-state index in [0.29, 0.717) is 23.8 Å². The lowest BCUT2D eigenvalue weighted by molar-refractivity contribution is -0.116. The van der Waals surface area contributed by atoms with E-state index in [4.69, 9.17) is 9.26 Å². The molecule has 7 nitrogen and oxygen atoms in total. The highest BCUT2D eigenvalue weighted by molar-refractivity contribution is 5.92. The summed E-state index contributed by atoms with van der Waals surface area (Å²) in [6.45, 7) is 7.89. The van der Waals surface area contributed by atoms with Crippen LogP contribution in [0.1, 0.15) is 50.4 Å². The van der Waals surface area contributed by atoms with Gasteiger partial charge in [0.05, 0.1) is 0 Å². The largest absolute Gasteiger partial charge is 0.486 e. The minimum atomic E-state index is -0.281. The van der Waals surface area contributed by atoms with Crippen LogP contribution in [0.15, 0.2) is 34.9 Å². The molecule has 0 aliphatic carbocycles. The number of carbonyl (C=O) groups excluding carboxylic acids is 2. The molecule has 1 heterocycles. The smallest absolute Gasteiger partial charge is 0.273 e. The molecule has 2 N–H and O–H groups in total. The molecule has 0 saturated carbocycles. The molecule has 0 saturated heterocycles. The van der Waals surface area contributed by atoms with Crippen LogP contribution < -0.4 is 15.4 Å². The third kappa shape index (κ3) is 6.23. The molecule has 0 unspecified atom stereocenters. The maximum absolute atomic E-state index is 11.8. The number of carbonyl (C=O) groups is 2. The first-order chi connectivity index (χ1) is 12.3. The fourth-order valence-corrected chi connectivity index (χ4v) is 2.20. The van der Waals surface area contributed by atoms with Crippen LogP contribution >= 0.6 is 0 Å². The SMILES string of the molecule is CC(C)CC(=O)Nc1ccc(OCc2cc(C(=O)NC(C)C)no2)cc1. The first-order valence-electron chi connectivity index (χ1n) is 8.62. The Morgan fingerprint density at radius 1 is 1.15 bits per heavy atom. The Hall–Kier alpha value is -2.83. The highest BCUT2D eigenvalue weighted by Crippen LogP contribution is 2.18. The van der Waals surface area contributed by atoms with Crippen molar-refractivity contribution in [2.45, 2.75) is 46.8 Å². The third-order valence-corrected chi connectivity index (χ3v) is 3.32. The summed E-state index contributed by atoms with van der Waals surface area (Å²) in [5.41, 5.74) is 0.941. The van der Waals surface area contributed by atoms with E-state index in [2.05, 4.69) is 15.8 Å². The Balaban J connectivity index is 1.85. The second kappa shape index (κ2) is 9.03. The quantitative estimate of drug-likeness (QED) is 0.754. The normalized spacial score (nSPS) is 10.8. The van der Waals surface area contributed by atoms with Crippen LogP contribution in [0.5, 0.6) is 5.75 Å². The fourth-order valence-electron chi connectivity index (χ4n) is 2.20. The van der Waals surface area contributed by atoms with Gasteiger partial charge >= 0.3 is 0 Å². The van der Waals surface area contributed by atoms with Crippen molar-refractivity contribution in [2.24, 2.45) is 5.92 Å². The lowest BCUT2D eigenvalue weighted by Gasteiger charge is -2.08. The molecule has 1 aromatic heterocycles. The Kier molecular flexibility index (Phi) is 6.77. The second-order valence-corrected chi connectivity index (χ2v) is 6.77. The summed E-state index contributed by atoms with van der Waals surface area (Å²) in [5.74, 6) is 1.09. The molecule has 2 amide bonds. The van der Waals surface area contributed by atoms with E-state index in [0.717, 1.165) is 5.69 Å². The summed E-state index contributed by atoms with van der Waals surface area (Å²) in [5, 5.41) is 9.32. The monoisotopic (exact) mass is 359 g/mol. The van der Waals surface area contributed by atoms with Gasteiger partial charge in [0.1, 0.15) is 12.4 Å². The topological polar surface area (TPSA) is 93.5 Å². The lowest BCUT2D eigenvalue weighted by atomic mass is 10.1. The summed E-state index contributed by atoms with van der Waals surface area (Å²) < 4.78 is 10.7. The number of nitrogens with zero attached hydrogens (tertiary/aromatic N) is 1. The number of nitrogens with one attached hydrogen (secondary N) is 2. The van der Waals surface area contributed by atoms with E-state index >= 15 is 0 Å². The predicted octanol–water partition coefficient (Wildman–Crippen LogP) is 3.38. The molecular weight excluding hydrogens is 334 g/mol. The van der Waals surface area contributed by atoms with E-state index in [9.17, 15) is 9.59 Å². The molecule has 0 atom stereocenters. The second-order valence-electron chi connectivity index (χ2n) is 6.77. The van der Waals surface area contributed by atoms with Crippen molar-refractivity contribution in [3.05, 3.63) is 41.8 Å². The average Bonchev–Trinajstić information content (AvgIpc) is 3.02. The van der Waals surface area contributed by atoms with Gasteiger partial charge in [-0.15, -0.1) is 0 Å². The Bertz CT molecular complexity index is 735. The maximum Gasteiger partial charge on any atom is 0.273 e. The number of rotatable bonds is 8. The van der Waals surface area contributed by atoms with Gasteiger partial charge in [0.2, 0.25) is 5.91 Å². The van der Waals surface area contributed by atoms with Crippen molar-refractivity contribution < 1.29 is 18.8 Å². The molecule has 0 radical (unpaired) electrons. The third-order valence-electron chi connectivity index (χ3n) is 3.32. The van der Waals surface area contributed by atoms with E-state index in [-0.39, 0.29) is 30.2 Å². The summed E-state index contributed by atoms with van der Waals surface area (Å²) in [7, 11) is 0. The van der Waals surface area contributed by atoms with Crippen molar-refractivity contribution in [2.75, 3.05) is 5.32 Å². The van der Waals surface area contributed by atoms with Crippen molar-refractivity contribution in [1.29, 1.82) is 0 Å². The van der Waals surface area contributed by atoms with E-state index in [1.54, 1.807) is 30.3 Å². The highest BCUT2D eigenvalue weighted by Gasteiger charge is 2.13. The highest BCUT2D eigenvalue weighted by atomic mass is 16.5. The number of hydrogen-bond acceptors (Lipinski definition) is 5. The van der Waals surface area contributed by atoms with Crippen LogP contribution in [0.4, 0.5) is 5.69 Å². The Labute approximate surface area is 153 Å². The first-order valence-corrected chi connectivity index (χ1v) is 8.62. The van der Waals surface area contributed by atoms with Gasteiger partial charge in [-0.05, 0) is 44.0 Å². The van der Waals surface area contributed by atoms with Crippen molar-refractivity contribution >= 4 is 17.5 Å². The van der Waals surface area contributed by atoms with Gasteiger partial charge in [0, 0.05) is 24.2 Å². The minimum absolute atomic E-state index is 0.0115. The molecular formula is C19H25N3O4. The van der Waals surface area contributed by atoms with Gasteiger partial charge < -0.3 is 19.9 Å².